The predicted molar refractivity (Wildman–Crippen MR) is 75.9 cm³/mol. The fourth-order valence-electron chi connectivity index (χ4n) is 2.31. The average Bonchev–Trinajstić information content (AvgIpc) is 2.77. The summed E-state index contributed by atoms with van der Waals surface area (Å²) in [7, 11) is 0. The van der Waals surface area contributed by atoms with E-state index < -0.39 is 0 Å². The third-order valence-electron chi connectivity index (χ3n) is 3.60. The Morgan fingerprint density at radius 1 is 1.42 bits per heavy atom. The molecule has 2 heterocycles. The normalized spacial score (nSPS) is 23.6. The van der Waals surface area contributed by atoms with Crippen molar-refractivity contribution < 1.29 is 9.59 Å². The first-order valence-electron chi connectivity index (χ1n) is 6.68. The lowest BCUT2D eigenvalue weighted by atomic mass is 10.0. The molecule has 1 saturated heterocycles. The molecule has 0 saturated carbocycles. The van der Waals surface area contributed by atoms with Crippen LogP contribution in [0.2, 0.25) is 0 Å². The number of piperazine rings is 1. The third kappa shape index (κ3) is 2.81. The number of aryl methyl sites for hydroxylation is 1. The second kappa shape index (κ2) is 5.74. The van der Waals surface area contributed by atoms with Crippen LogP contribution in [0.1, 0.15) is 37.1 Å². The summed E-state index contributed by atoms with van der Waals surface area (Å²) in [5, 5.41) is 4.84. The molecule has 2 atom stereocenters. The minimum absolute atomic E-state index is 0.0433. The zero-order chi connectivity index (χ0) is 14.0. The van der Waals surface area contributed by atoms with Crippen molar-refractivity contribution in [3.8, 4) is 0 Å². The molecule has 1 N–H and O–H groups in total. The van der Waals surface area contributed by atoms with Gasteiger partial charge in [-0.05, 0) is 37.3 Å². The van der Waals surface area contributed by atoms with Crippen LogP contribution in [0.25, 0.3) is 0 Å². The molecule has 0 aliphatic carbocycles. The van der Waals surface area contributed by atoms with Gasteiger partial charge in [0.05, 0.1) is 6.54 Å². The van der Waals surface area contributed by atoms with E-state index in [0.717, 1.165) is 11.3 Å². The lowest BCUT2D eigenvalue weighted by Crippen LogP contribution is -2.61. The smallest absolute Gasteiger partial charge is 0.246 e. The first-order chi connectivity index (χ1) is 9.04. The number of carbonyl (C=O) groups is 2. The first-order valence-corrected chi connectivity index (χ1v) is 7.56. The molecule has 0 spiro atoms. The molecule has 2 unspecified atom stereocenters. The van der Waals surface area contributed by atoms with Gasteiger partial charge < -0.3 is 10.2 Å². The zero-order valence-electron chi connectivity index (χ0n) is 11.6. The molecule has 19 heavy (non-hydrogen) atoms. The molecule has 0 bridgehead atoms. The molecule has 5 heteroatoms. The maximum absolute atomic E-state index is 12.4. The molecule has 1 fully saturated rings. The summed E-state index contributed by atoms with van der Waals surface area (Å²) in [5.74, 6) is -0.00555. The van der Waals surface area contributed by atoms with E-state index in [0.29, 0.717) is 13.0 Å². The highest BCUT2D eigenvalue weighted by molar-refractivity contribution is 7.10. The van der Waals surface area contributed by atoms with Crippen molar-refractivity contribution >= 4 is 23.2 Å². The maximum Gasteiger partial charge on any atom is 0.246 e. The van der Waals surface area contributed by atoms with Crippen molar-refractivity contribution in [2.24, 2.45) is 0 Å². The molecule has 1 aliphatic rings. The van der Waals surface area contributed by atoms with Crippen molar-refractivity contribution in [1.82, 2.24) is 10.2 Å². The summed E-state index contributed by atoms with van der Waals surface area (Å²) in [5.41, 5.74) is 1.18. The third-order valence-corrected chi connectivity index (χ3v) is 4.61. The van der Waals surface area contributed by atoms with E-state index in [1.165, 1.54) is 5.56 Å². The highest BCUT2D eigenvalue weighted by Crippen LogP contribution is 2.22. The summed E-state index contributed by atoms with van der Waals surface area (Å²) >= 11 is 1.64. The minimum atomic E-state index is -0.387. The second-order valence-corrected chi connectivity index (χ2v) is 6.02. The molecule has 1 aliphatic heterocycles. The van der Waals surface area contributed by atoms with Crippen LogP contribution in [-0.2, 0) is 16.1 Å². The fraction of sp³-hybridized carbons (Fsp3) is 0.571. The summed E-state index contributed by atoms with van der Waals surface area (Å²) < 4.78 is 0. The molecule has 104 valence electrons. The quantitative estimate of drug-likeness (QED) is 0.918. The van der Waals surface area contributed by atoms with Crippen LogP contribution in [0.5, 0.6) is 0 Å². The van der Waals surface area contributed by atoms with Gasteiger partial charge in [0.2, 0.25) is 11.8 Å². The number of amides is 2. The van der Waals surface area contributed by atoms with Gasteiger partial charge in [0.15, 0.2) is 0 Å². The Balaban J connectivity index is 2.18. The van der Waals surface area contributed by atoms with Crippen LogP contribution in [0.15, 0.2) is 11.4 Å². The van der Waals surface area contributed by atoms with E-state index in [9.17, 15) is 9.59 Å². The van der Waals surface area contributed by atoms with Gasteiger partial charge in [0.1, 0.15) is 12.1 Å². The van der Waals surface area contributed by atoms with Crippen LogP contribution < -0.4 is 5.32 Å². The van der Waals surface area contributed by atoms with Gasteiger partial charge in [-0.3, -0.25) is 9.59 Å². The van der Waals surface area contributed by atoms with E-state index in [1.54, 1.807) is 23.2 Å². The molecule has 2 amide bonds. The van der Waals surface area contributed by atoms with E-state index in [2.05, 4.69) is 5.32 Å². The van der Waals surface area contributed by atoms with Gasteiger partial charge in [0, 0.05) is 4.88 Å². The molecule has 2 rings (SSSR count). The monoisotopic (exact) mass is 280 g/mol. The number of hydrogen-bond acceptors (Lipinski definition) is 3. The Bertz CT molecular complexity index is 484. The average molecular weight is 280 g/mol. The summed E-state index contributed by atoms with van der Waals surface area (Å²) in [6.45, 7) is 6.38. The van der Waals surface area contributed by atoms with Crippen LogP contribution in [0.3, 0.4) is 0 Å². The Morgan fingerprint density at radius 3 is 2.74 bits per heavy atom. The predicted octanol–water partition coefficient (Wildman–Crippen LogP) is 2.07. The van der Waals surface area contributed by atoms with Crippen LogP contribution in [-0.4, -0.2) is 28.8 Å². The Kier molecular flexibility index (Phi) is 4.24. The lowest BCUT2D eigenvalue weighted by Gasteiger charge is -2.37. The second-order valence-electron chi connectivity index (χ2n) is 5.02. The number of nitrogens with zero attached hydrogens (tertiary/aromatic N) is 1. The molecular weight excluding hydrogens is 260 g/mol. The van der Waals surface area contributed by atoms with Crippen molar-refractivity contribution in [1.29, 1.82) is 0 Å². The van der Waals surface area contributed by atoms with Crippen molar-refractivity contribution in [3.05, 3.63) is 21.9 Å². The van der Waals surface area contributed by atoms with Crippen molar-refractivity contribution in [2.45, 2.75) is 52.2 Å². The highest BCUT2D eigenvalue weighted by atomic mass is 32.1. The van der Waals surface area contributed by atoms with Gasteiger partial charge in [-0.15, -0.1) is 11.3 Å². The molecule has 4 nitrogen and oxygen atoms in total. The fourth-order valence-corrected chi connectivity index (χ4v) is 3.21. The lowest BCUT2D eigenvalue weighted by molar-refractivity contribution is -0.149. The SMILES string of the molecule is CCCC1NC(=O)C(C)N(Cc2sccc2C)C1=O. The van der Waals surface area contributed by atoms with Gasteiger partial charge in [-0.1, -0.05) is 13.3 Å². The van der Waals surface area contributed by atoms with Gasteiger partial charge in [-0.2, -0.15) is 0 Å². The molecule has 0 aromatic carbocycles. The summed E-state index contributed by atoms with van der Waals surface area (Å²) in [6, 6.07) is 1.30. The van der Waals surface area contributed by atoms with Gasteiger partial charge in [-0.25, -0.2) is 0 Å². The first kappa shape index (κ1) is 14.1. The molecule has 1 aromatic rings. The van der Waals surface area contributed by atoms with E-state index in [4.69, 9.17) is 0 Å². The van der Waals surface area contributed by atoms with Gasteiger partial charge in [0.25, 0.3) is 0 Å². The largest absolute Gasteiger partial charge is 0.343 e. The van der Waals surface area contributed by atoms with E-state index >= 15 is 0 Å². The summed E-state index contributed by atoms with van der Waals surface area (Å²) in [4.78, 5) is 27.2. The Hall–Kier alpha value is -1.36. The number of hydrogen-bond donors (Lipinski definition) is 1. The number of thiophene rings is 1. The number of carbonyl (C=O) groups excluding carboxylic acids is 2. The van der Waals surface area contributed by atoms with E-state index in [1.807, 2.05) is 25.3 Å². The standard InChI is InChI=1S/C14H20N2O2S/c1-4-5-11-14(18)16(10(3)13(17)15-11)8-12-9(2)6-7-19-12/h6-7,10-11H,4-5,8H2,1-3H3,(H,15,17). The van der Waals surface area contributed by atoms with Crippen LogP contribution >= 0.6 is 11.3 Å². The molecule has 1 aromatic heterocycles. The highest BCUT2D eigenvalue weighted by Gasteiger charge is 2.37. The number of nitrogens with one attached hydrogen (secondary N) is 1. The van der Waals surface area contributed by atoms with Gasteiger partial charge >= 0.3 is 0 Å². The van der Waals surface area contributed by atoms with Crippen LogP contribution in [0, 0.1) is 6.92 Å². The zero-order valence-corrected chi connectivity index (χ0v) is 12.4. The Labute approximate surface area is 117 Å². The minimum Gasteiger partial charge on any atom is -0.343 e. The maximum atomic E-state index is 12.4. The van der Waals surface area contributed by atoms with E-state index in [-0.39, 0.29) is 23.9 Å². The summed E-state index contributed by atoms with van der Waals surface area (Å²) in [6.07, 6.45) is 1.59. The van der Waals surface area contributed by atoms with Crippen LogP contribution in [0.4, 0.5) is 0 Å². The Morgan fingerprint density at radius 2 is 2.16 bits per heavy atom. The molecule has 0 radical (unpaired) electrons. The topological polar surface area (TPSA) is 49.4 Å². The van der Waals surface area contributed by atoms with Crippen molar-refractivity contribution in [3.63, 3.8) is 0 Å². The number of rotatable bonds is 4. The van der Waals surface area contributed by atoms with Crippen molar-refractivity contribution in [2.75, 3.05) is 0 Å². The molecular formula is C14H20N2O2S.